The summed E-state index contributed by atoms with van der Waals surface area (Å²) in [7, 11) is 0. The summed E-state index contributed by atoms with van der Waals surface area (Å²) in [5, 5.41) is 64.0. The number of aromatic hydroxyl groups is 2. The topological polar surface area (TPSA) is 252 Å². The van der Waals surface area contributed by atoms with Crippen LogP contribution in [0.4, 0.5) is 0 Å². The number of pyridine rings is 2. The van der Waals surface area contributed by atoms with Crippen molar-refractivity contribution in [2.24, 2.45) is 0 Å². The molecule has 0 unspecified atom stereocenters. The van der Waals surface area contributed by atoms with Gasteiger partial charge in [-0.05, 0) is 88.4 Å². The fraction of sp³-hybridized carbons (Fsp3) is 0.387. The lowest BCUT2D eigenvalue weighted by Crippen LogP contribution is -2.18. The molecule has 0 spiro atoms. The number of fused-ring (bicyclic) bond motifs is 8. The molecular formula is C62H70N2O14. The lowest BCUT2D eigenvalue weighted by Gasteiger charge is -2.28. The first-order chi connectivity index (χ1) is 36.3. The lowest BCUT2D eigenvalue weighted by atomic mass is 9.79. The van der Waals surface area contributed by atoms with E-state index < -0.39 is 46.7 Å². The van der Waals surface area contributed by atoms with Gasteiger partial charge in [0.2, 0.25) is 0 Å². The van der Waals surface area contributed by atoms with Gasteiger partial charge in [0.15, 0.2) is 22.8 Å². The molecule has 0 saturated heterocycles. The number of benzene rings is 4. The molecule has 2 aromatic heterocycles. The summed E-state index contributed by atoms with van der Waals surface area (Å²) in [4.78, 5) is 54.8. The van der Waals surface area contributed by atoms with Crippen LogP contribution in [0.1, 0.15) is 192 Å². The van der Waals surface area contributed by atoms with Crippen LogP contribution in [-0.2, 0) is 47.3 Å². The smallest absolute Gasteiger partial charge is 0.354 e. The van der Waals surface area contributed by atoms with Gasteiger partial charge >= 0.3 is 23.9 Å². The molecule has 6 N–H and O–H groups in total. The van der Waals surface area contributed by atoms with Crippen LogP contribution in [0.2, 0.25) is 0 Å². The largest absolute Gasteiger partial charge is 0.507 e. The molecule has 6 aromatic rings. The van der Waals surface area contributed by atoms with Crippen LogP contribution < -0.4 is 18.9 Å². The number of phenols is 2. The van der Waals surface area contributed by atoms with Crippen LogP contribution in [0.3, 0.4) is 0 Å². The van der Waals surface area contributed by atoms with Gasteiger partial charge < -0.3 is 49.6 Å². The minimum absolute atomic E-state index is 0.0141. The second-order valence-corrected chi connectivity index (χ2v) is 24.0. The predicted octanol–water partition coefficient (Wildman–Crippen LogP) is 11.5. The van der Waals surface area contributed by atoms with Crippen LogP contribution in [0.5, 0.6) is 34.5 Å². The number of carbonyl (C=O) groups is 4. The molecule has 1 aliphatic rings. The Balaban J connectivity index is 1.42. The highest BCUT2D eigenvalue weighted by Crippen LogP contribution is 2.44. The van der Waals surface area contributed by atoms with Crippen molar-refractivity contribution in [1.29, 1.82) is 0 Å². The Labute approximate surface area is 454 Å². The average Bonchev–Trinajstić information content (AvgIpc) is 3.39. The first-order valence-electron chi connectivity index (χ1n) is 25.8. The van der Waals surface area contributed by atoms with E-state index in [0.717, 1.165) is 68.8 Å². The Bertz CT molecular complexity index is 2950. The number of nitrogens with zero attached hydrogens (tertiary/aromatic N) is 2. The van der Waals surface area contributed by atoms with Crippen molar-refractivity contribution in [1.82, 2.24) is 9.97 Å². The summed E-state index contributed by atoms with van der Waals surface area (Å²) in [6.07, 6.45) is 0.832. The Morgan fingerprint density at radius 2 is 0.564 bits per heavy atom. The van der Waals surface area contributed by atoms with Gasteiger partial charge in [0.25, 0.3) is 0 Å². The van der Waals surface area contributed by atoms with Crippen molar-refractivity contribution in [3.63, 3.8) is 0 Å². The third kappa shape index (κ3) is 13.5. The van der Waals surface area contributed by atoms with Gasteiger partial charge in [-0.25, -0.2) is 29.1 Å². The quantitative estimate of drug-likeness (QED) is 0.0554. The number of aromatic nitrogens is 2. The molecule has 0 radical (unpaired) electrons. The van der Waals surface area contributed by atoms with Gasteiger partial charge in [-0.15, -0.1) is 0 Å². The van der Waals surface area contributed by atoms with E-state index in [2.05, 4.69) is 117 Å². The summed E-state index contributed by atoms with van der Waals surface area (Å²) in [6, 6.07) is 21.0. The fourth-order valence-electron chi connectivity index (χ4n) is 9.24. The van der Waals surface area contributed by atoms with Crippen LogP contribution in [0.25, 0.3) is 0 Å². The maximum atomic E-state index is 12.7. The number of phenolic OH excluding ortho intramolecular Hbond substituents is 2. The molecule has 0 amide bonds. The number of hydrogen-bond donors (Lipinski definition) is 6. The van der Waals surface area contributed by atoms with Crippen molar-refractivity contribution in [2.75, 3.05) is 26.4 Å². The zero-order chi connectivity index (χ0) is 57.4. The van der Waals surface area contributed by atoms with E-state index in [9.17, 15) is 49.8 Å². The number of ether oxygens (including phenoxy) is 4. The first-order valence-corrected chi connectivity index (χ1v) is 25.8. The van der Waals surface area contributed by atoms with Gasteiger partial charge in [-0.1, -0.05) is 132 Å². The number of hydrogen-bond acceptors (Lipinski definition) is 12. The molecule has 0 atom stereocenters. The van der Waals surface area contributed by atoms with E-state index in [4.69, 9.17) is 18.9 Å². The van der Waals surface area contributed by atoms with E-state index in [-0.39, 0.29) is 96.8 Å². The Hall–Kier alpha value is -8.14. The fourth-order valence-corrected chi connectivity index (χ4v) is 9.24. The van der Waals surface area contributed by atoms with Gasteiger partial charge in [-0.2, -0.15) is 0 Å². The molecule has 0 saturated carbocycles. The Morgan fingerprint density at radius 3 is 0.769 bits per heavy atom. The Morgan fingerprint density at radius 1 is 0.359 bits per heavy atom. The molecular weight excluding hydrogens is 997 g/mol. The summed E-state index contributed by atoms with van der Waals surface area (Å²) in [5.41, 5.74) is 5.94. The normalized spacial score (nSPS) is 12.9. The summed E-state index contributed by atoms with van der Waals surface area (Å²) in [6.45, 7) is 25.0. The number of carboxylic acid groups (broad SMARTS) is 4. The number of carboxylic acids is 4. The van der Waals surface area contributed by atoms with Crippen LogP contribution in [-0.4, -0.2) is 90.9 Å². The molecule has 78 heavy (non-hydrogen) atoms. The number of rotatable bonds is 14. The van der Waals surface area contributed by atoms with Gasteiger partial charge in [-0.3, -0.25) is 0 Å². The van der Waals surface area contributed by atoms with E-state index in [1.165, 1.54) is 0 Å². The maximum absolute atomic E-state index is 12.7. The molecule has 2 heterocycles. The molecule has 8 bridgehead atoms. The molecule has 412 valence electrons. The molecule has 16 heteroatoms. The predicted molar refractivity (Wildman–Crippen MR) is 293 cm³/mol. The molecule has 16 nitrogen and oxygen atoms in total. The van der Waals surface area contributed by atoms with E-state index in [1.54, 1.807) is 0 Å². The second kappa shape index (κ2) is 22.1. The average molecular weight is 1070 g/mol. The van der Waals surface area contributed by atoms with Crippen LogP contribution in [0.15, 0.2) is 72.8 Å². The second-order valence-electron chi connectivity index (χ2n) is 24.0. The monoisotopic (exact) mass is 1070 g/mol. The van der Waals surface area contributed by atoms with Crippen molar-refractivity contribution < 1.29 is 68.8 Å². The number of aromatic carboxylic acids is 4. The van der Waals surface area contributed by atoms with E-state index in [1.807, 2.05) is 24.3 Å². The van der Waals surface area contributed by atoms with Crippen molar-refractivity contribution in [2.45, 2.75) is 130 Å². The van der Waals surface area contributed by atoms with Crippen LogP contribution >= 0.6 is 0 Å². The van der Waals surface area contributed by atoms with Crippen molar-refractivity contribution in [3.05, 3.63) is 162 Å². The zero-order valence-electron chi connectivity index (χ0n) is 46.4. The third-order valence-corrected chi connectivity index (χ3v) is 13.7. The molecule has 0 fully saturated rings. The van der Waals surface area contributed by atoms with Crippen LogP contribution in [0, 0.1) is 0 Å². The molecule has 1 aliphatic carbocycles. The highest BCUT2D eigenvalue weighted by atomic mass is 16.5. The SMILES string of the molecule is CC(C)(C)c1cc2c(O)c(c1)Cc1cc(C(C)(C)C)cc(c1OCCOc1cc(C(=O)O)nc(C(=O)O)c1)Cc1cc(C(C)(C)C)cc(c1O)Cc1cc(C(C)(C)C)cc(c1OCCOc1cc(C(=O)O)nc(C(=O)O)c1)C2. The minimum Gasteiger partial charge on any atom is -0.507 e. The molecule has 0 aliphatic heterocycles. The minimum atomic E-state index is -1.41. The lowest BCUT2D eigenvalue weighted by molar-refractivity contribution is 0.0662. The van der Waals surface area contributed by atoms with Gasteiger partial charge in [0, 0.05) is 49.9 Å². The summed E-state index contributed by atoms with van der Waals surface area (Å²) in [5.74, 6) is -4.54. The molecule has 4 aromatic carbocycles. The summed E-state index contributed by atoms with van der Waals surface area (Å²) >= 11 is 0. The Kier molecular flexibility index (Phi) is 16.3. The third-order valence-electron chi connectivity index (χ3n) is 13.7. The first kappa shape index (κ1) is 57.6. The van der Waals surface area contributed by atoms with Gasteiger partial charge in [0.05, 0.1) is 0 Å². The van der Waals surface area contributed by atoms with Crippen molar-refractivity contribution >= 4 is 23.9 Å². The van der Waals surface area contributed by atoms with Gasteiger partial charge in [0.1, 0.15) is 60.9 Å². The van der Waals surface area contributed by atoms with E-state index >= 15 is 0 Å². The highest BCUT2D eigenvalue weighted by molar-refractivity contribution is 5.91. The highest BCUT2D eigenvalue weighted by Gasteiger charge is 2.29. The standard InChI is InChI=1S/C62H70N2O14/c1-59(2,3)41-21-33-17-37-25-43(61(7,8)9)27-39(53(37)77-15-13-75-45-29-47(55(67)68)63-48(30-45)56(69)70)19-35-23-42(60(4,5)6)24-36(52(35)66)20-40-28-44(62(10,11)12)26-38(18-34(22-41)51(33)65)54(40)78-16-14-76-46-31-49(57(71)72)64-50(32-46)58(73)74/h21-32,65-66H,13-20H2,1-12H3,(H,67,68)(H,69,70)(H,71,72)(H,73,74). The molecule has 7 rings (SSSR count). The maximum Gasteiger partial charge on any atom is 0.354 e. The van der Waals surface area contributed by atoms with Crippen molar-refractivity contribution in [3.8, 4) is 34.5 Å². The summed E-state index contributed by atoms with van der Waals surface area (Å²) < 4.78 is 25.4. The van der Waals surface area contributed by atoms with E-state index in [0.29, 0.717) is 33.8 Å². The zero-order valence-corrected chi connectivity index (χ0v) is 46.4.